The third-order valence-corrected chi connectivity index (χ3v) is 13.8. The minimum absolute atomic E-state index is 0.367. The van der Waals surface area contributed by atoms with Crippen LogP contribution in [0.2, 0.25) is 0 Å². The van der Waals surface area contributed by atoms with Gasteiger partial charge in [0.2, 0.25) is 0 Å². The molecule has 0 saturated carbocycles. The Morgan fingerprint density at radius 2 is 0.691 bits per heavy atom. The fourth-order valence-electron chi connectivity index (χ4n) is 10.8. The molecule has 68 heavy (non-hydrogen) atoms. The molecule has 0 unspecified atom stereocenters. The van der Waals surface area contributed by atoms with Crippen molar-refractivity contribution in [1.29, 1.82) is 10.5 Å². The van der Waals surface area contributed by atoms with Crippen LogP contribution in [0.5, 0.6) is 0 Å². The molecule has 0 aliphatic heterocycles. The average Bonchev–Trinajstić information content (AvgIpc) is 4.14. The summed E-state index contributed by atoms with van der Waals surface area (Å²) in [6.45, 7) is 0. The number of para-hydroxylation sites is 2. The molecule has 4 heterocycles. The Bertz CT molecular complexity index is 4230. The third kappa shape index (κ3) is 5.43. The van der Waals surface area contributed by atoms with E-state index in [2.05, 4.69) is 155 Å². The van der Waals surface area contributed by atoms with Crippen LogP contribution in [0.15, 0.2) is 215 Å². The monoisotopic (exact) mass is 866 g/mol. The van der Waals surface area contributed by atoms with Gasteiger partial charge in [-0.05, 0) is 82.4 Å². The van der Waals surface area contributed by atoms with Gasteiger partial charge in [0.25, 0.3) is 0 Å². The Kier molecular flexibility index (Phi) is 8.01. The first-order chi connectivity index (χ1) is 33.6. The maximum Gasteiger partial charge on any atom is 0.137 e. The zero-order valence-corrected chi connectivity index (χ0v) is 36.2. The molecule has 0 N–H and O–H groups in total. The molecule has 4 aromatic heterocycles. The first-order valence-corrected chi connectivity index (χ1v) is 22.6. The van der Waals surface area contributed by atoms with E-state index in [-0.39, 0.29) is 0 Å². The number of rotatable bonds is 5. The fourth-order valence-corrected chi connectivity index (χ4v) is 10.8. The van der Waals surface area contributed by atoms with Crippen molar-refractivity contribution in [3.8, 4) is 56.9 Å². The van der Waals surface area contributed by atoms with Crippen LogP contribution in [0.25, 0.3) is 132 Å². The molecule has 6 nitrogen and oxygen atoms in total. The lowest BCUT2D eigenvalue weighted by Crippen LogP contribution is -2.08. The Hall–Kier alpha value is -9.62. The number of nitriles is 2. The van der Waals surface area contributed by atoms with Gasteiger partial charge >= 0.3 is 0 Å². The smallest absolute Gasteiger partial charge is 0.137 e. The fraction of sp³-hybridized carbons (Fsp3) is 0. The molecule has 314 valence electrons. The quantitative estimate of drug-likeness (QED) is 0.172. The highest BCUT2D eigenvalue weighted by atomic mass is 16.3. The molecule has 0 spiro atoms. The number of fused-ring (bicyclic) bond motifs is 12. The van der Waals surface area contributed by atoms with Crippen molar-refractivity contribution in [3.05, 3.63) is 217 Å². The molecule has 10 aromatic carbocycles. The van der Waals surface area contributed by atoms with E-state index < -0.39 is 0 Å². The summed E-state index contributed by atoms with van der Waals surface area (Å²) in [5, 5.41) is 31.0. The van der Waals surface area contributed by atoms with E-state index in [1.807, 2.05) is 66.7 Å². The van der Waals surface area contributed by atoms with E-state index in [0.717, 1.165) is 121 Å². The van der Waals surface area contributed by atoms with Crippen LogP contribution in [0, 0.1) is 22.7 Å². The predicted molar refractivity (Wildman–Crippen MR) is 275 cm³/mol. The topological polar surface area (TPSA) is 83.7 Å². The zero-order chi connectivity index (χ0) is 45.0. The predicted octanol–water partition coefficient (Wildman–Crippen LogP) is 16.4. The van der Waals surface area contributed by atoms with Crippen LogP contribution in [-0.2, 0) is 0 Å². The van der Waals surface area contributed by atoms with Crippen LogP contribution >= 0.6 is 0 Å². The number of nitrogens with zero attached hydrogens (tertiary/aromatic N) is 4. The molecule has 0 amide bonds. The molecule has 0 radical (unpaired) electrons. The minimum Gasteiger partial charge on any atom is -0.456 e. The average molecular weight is 867 g/mol. The second-order valence-electron chi connectivity index (χ2n) is 17.4. The van der Waals surface area contributed by atoms with Crippen molar-refractivity contribution in [2.75, 3.05) is 0 Å². The second-order valence-corrected chi connectivity index (χ2v) is 17.4. The standard InChI is InChI=1S/C62H34N4O2/c63-35-42-28-43(36-64)62(66-53-27-25-41(38-16-6-2-7-17-38)30-47(53)49-32-51-45-21-11-13-23-57(45)68-59(51)34-55(49)66)60(39-18-8-3-9-19-39)61(42)65-52-26-24-40(37-14-4-1-5-15-37)29-46(52)48-31-50-44-20-10-12-22-56(44)67-58(50)33-54(48)65/h1-34H. The van der Waals surface area contributed by atoms with Crippen molar-refractivity contribution in [3.63, 3.8) is 0 Å². The van der Waals surface area contributed by atoms with Gasteiger partial charge in [0, 0.05) is 60.8 Å². The number of furan rings is 2. The molecule has 0 atom stereocenters. The summed E-state index contributed by atoms with van der Waals surface area (Å²) >= 11 is 0. The summed E-state index contributed by atoms with van der Waals surface area (Å²) in [6, 6.07) is 76.0. The number of hydrogen-bond acceptors (Lipinski definition) is 4. The van der Waals surface area contributed by atoms with Gasteiger partial charge in [-0.15, -0.1) is 0 Å². The van der Waals surface area contributed by atoms with Crippen molar-refractivity contribution in [2.45, 2.75) is 0 Å². The van der Waals surface area contributed by atoms with Crippen molar-refractivity contribution >= 4 is 87.5 Å². The summed E-state index contributed by atoms with van der Waals surface area (Å²) in [4.78, 5) is 0. The lowest BCUT2D eigenvalue weighted by atomic mass is 9.93. The van der Waals surface area contributed by atoms with Crippen LogP contribution in [0.4, 0.5) is 0 Å². The summed E-state index contributed by atoms with van der Waals surface area (Å²) in [7, 11) is 0. The third-order valence-electron chi connectivity index (χ3n) is 13.8. The van der Waals surface area contributed by atoms with Gasteiger partial charge in [0.05, 0.1) is 44.6 Å². The lowest BCUT2D eigenvalue weighted by molar-refractivity contribution is 0.669. The molecule has 0 saturated heterocycles. The van der Waals surface area contributed by atoms with Crippen molar-refractivity contribution < 1.29 is 8.83 Å². The minimum atomic E-state index is 0.367. The SMILES string of the molecule is N#Cc1cc(C#N)c(-n2c3ccc(-c4ccccc4)cc3c3cc4c(cc32)oc2ccccc24)c(-c2ccccc2)c1-n1c2ccc(-c3ccccc3)cc2c2cc3c(cc21)oc1ccccc13. The Labute approximate surface area is 388 Å². The molecule has 0 bridgehead atoms. The summed E-state index contributed by atoms with van der Waals surface area (Å²) in [5.74, 6) is 0. The van der Waals surface area contributed by atoms with E-state index in [0.29, 0.717) is 22.5 Å². The number of aromatic nitrogens is 2. The summed E-state index contributed by atoms with van der Waals surface area (Å²) in [6.07, 6.45) is 0. The maximum atomic E-state index is 11.4. The van der Waals surface area contributed by atoms with Crippen LogP contribution < -0.4 is 0 Å². The van der Waals surface area contributed by atoms with E-state index >= 15 is 0 Å². The van der Waals surface area contributed by atoms with Gasteiger partial charge in [-0.25, -0.2) is 0 Å². The van der Waals surface area contributed by atoms with Gasteiger partial charge in [-0.2, -0.15) is 10.5 Å². The molecular formula is C62H34N4O2. The lowest BCUT2D eigenvalue weighted by Gasteiger charge is -2.22. The van der Waals surface area contributed by atoms with Crippen LogP contribution in [0.1, 0.15) is 11.1 Å². The number of benzene rings is 10. The zero-order valence-electron chi connectivity index (χ0n) is 36.2. The highest BCUT2D eigenvalue weighted by Crippen LogP contribution is 2.48. The molecule has 0 aliphatic rings. The highest BCUT2D eigenvalue weighted by molar-refractivity contribution is 6.20. The Morgan fingerprint density at radius 3 is 1.13 bits per heavy atom. The molecule has 14 aromatic rings. The number of hydrogen-bond donors (Lipinski definition) is 0. The van der Waals surface area contributed by atoms with Gasteiger partial charge in [0.15, 0.2) is 0 Å². The van der Waals surface area contributed by atoms with E-state index in [9.17, 15) is 10.5 Å². The molecule has 14 rings (SSSR count). The largest absolute Gasteiger partial charge is 0.456 e. The normalized spacial score (nSPS) is 11.8. The Morgan fingerprint density at radius 1 is 0.294 bits per heavy atom. The van der Waals surface area contributed by atoms with Crippen LogP contribution in [-0.4, -0.2) is 9.13 Å². The first-order valence-electron chi connectivity index (χ1n) is 22.6. The van der Waals surface area contributed by atoms with Crippen molar-refractivity contribution in [2.24, 2.45) is 0 Å². The van der Waals surface area contributed by atoms with Gasteiger partial charge in [0.1, 0.15) is 34.5 Å². The molecule has 6 heteroatoms. The summed E-state index contributed by atoms with van der Waals surface area (Å²) < 4.78 is 17.6. The molecular weight excluding hydrogens is 833 g/mol. The van der Waals surface area contributed by atoms with E-state index in [1.54, 1.807) is 6.07 Å². The molecule has 0 aliphatic carbocycles. The highest BCUT2D eigenvalue weighted by Gasteiger charge is 2.29. The Balaban J connectivity index is 1.17. The van der Waals surface area contributed by atoms with E-state index in [1.165, 1.54) is 0 Å². The second kappa shape index (κ2) is 14.4. The maximum absolute atomic E-state index is 11.4. The summed E-state index contributed by atoms with van der Waals surface area (Å²) in [5.41, 5.74) is 14.7. The first kappa shape index (κ1) is 37.7. The van der Waals surface area contributed by atoms with Crippen molar-refractivity contribution in [1.82, 2.24) is 9.13 Å². The molecule has 0 fully saturated rings. The van der Waals surface area contributed by atoms with Gasteiger partial charge in [-0.1, -0.05) is 140 Å². The van der Waals surface area contributed by atoms with Gasteiger partial charge in [-0.3, -0.25) is 0 Å². The van der Waals surface area contributed by atoms with Crippen LogP contribution in [0.3, 0.4) is 0 Å². The van der Waals surface area contributed by atoms with E-state index in [4.69, 9.17) is 8.83 Å². The van der Waals surface area contributed by atoms with Gasteiger partial charge < -0.3 is 18.0 Å².